The van der Waals surface area contributed by atoms with Gasteiger partial charge in [0.15, 0.2) is 0 Å². The Bertz CT molecular complexity index is 121. The van der Waals surface area contributed by atoms with E-state index in [-0.39, 0.29) is 0 Å². The van der Waals surface area contributed by atoms with Gasteiger partial charge in [0.25, 0.3) is 0 Å². The Morgan fingerprint density at radius 2 is 2.00 bits per heavy atom. The van der Waals surface area contributed by atoms with Crippen molar-refractivity contribution in [3.8, 4) is 0 Å². The first kappa shape index (κ1) is 12.0. The summed E-state index contributed by atoms with van der Waals surface area (Å²) in [5.41, 5.74) is 0. The van der Waals surface area contributed by atoms with Crippen molar-refractivity contribution in [1.29, 1.82) is 0 Å². The summed E-state index contributed by atoms with van der Waals surface area (Å²) >= 11 is 1.75. The van der Waals surface area contributed by atoms with Crippen LogP contribution in [-0.2, 0) is 4.79 Å². The highest BCUT2D eigenvalue weighted by atomic mass is 32.2. The topological polar surface area (TPSA) is 17.1 Å². The second-order valence-corrected chi connectivity index (χ2v) is 4.92. The molecule has 0 aromatic carbocycles. The van der Waals surface area contributed by atoms with Gasteiger partial charge in [-0.2, -0.15) is 11.8 Å². The summed E-state index contributed by atoms with van der Waals surface area (Å²) in [6.45, 7) is 6.42. The summed E-state index contributed by atoms with van der Waals surface area (Å²) in [6, 6.07) is 0. The third-order valence-corrected chi connectivity index (χ3v) is 2.79. The Kier molecular flexibility index (Phi) is 7.67. The standard InChI is InChI=1S/C10H20OS/c1-4-5-6-7-10(11)8-12-9(2)3/h9H,4-8H2,1-3H3. The lowest BCUT2D eigenvalue weighted by Crippen LogP contribution is -2.03. The molecule has 0 fully saturated rings. The van der Waals surface area contributed by atoms with E-state index in [1.165, 1.54) is 12.8 Å². The van der Waals surface area contributed by atoms with Gasteiger partial charge < -0.3 is 0 Å². The third kappa shape index (κ3) is 8.12. The van der Waals surface area contributed by atoms with E-state index in [0.29, 0.717) is 16.8 Å². The van der Waals surface area contributed by atoms with E-state index in [0.717, 1.165) is 12.8 Å². The fourth-order valence-electron chi connectivity index (χ4n) is 0.904. The predicted octanol–water partition coefficient (Wildman–Crippen LogP) is 3.28. The fourth-order valence-corrected chi connectivity index (χ4v) is 1.57. The largest absolute Gasteiger partial charge is 0.299 e. The molecule has 0 atom stereocenters. The van der Waals surface area contributed by atoms with Crippen LogP contribution in [0.25, 0.3) is 0 Å². The Hall–Kier alpha value is 0.0200. The molecule has 0 rings (SSSR count). The summed E-state index contributed by atoms with van der Waals surface area (Å²) < 4.78 is 0. The normalized spacial score (nSPS) is 10.7. The van der Waals surface area contributed by atoms with Gasteiger partial charge in [-0.15, -0.1) is 0 Å². The smallest absolute Gasteiger partial charge is 0.142 e. The molecule has 72 valence electrons. The van der Waals surface area contributed by atoms with Crippen molar-refractivity contribution in [3.63, 3.8) is 0 Å². The second-order valence-electron chi connectivity index (χ2n) is 3.36. The first-order valence-corrected chi connectivity index (χ1v) is 5.85. The lowest BCUT2D eigenvalue weighted by Gasteiger charge is -2.03. The van der Waals surface area contributed by atoms with E-state index in [2.05, 4.69) is 20.8 Å². The van der Waals surface area contributed by atoms with Gasteiger partial charge in [0.05, 0.1) is 5.75 Å². The summed E-state index contributed by atoms with van der Waals surface area (Å²) in [7, 11) is 0. The van der Waals surface area contributed by atoms with E-state index in [4.69, 9.17) is 0 Å². The highest BCUT2D eigenvalue weighted by Gasteiger charge is 2.02. The van der Waals surface area contributed by atoms with Gasteiger partial charge in [-0.05, 0) is 11.7 Å². The molecule has 0 aromatic heterocycles. The van der Waals surface area contributed by atoms with Crippen molar-refractivity contribution < 1.29 is 4.79 Å². The molecule has 0 aliphatic carbocycles. The third-order valence-electron chi connectivity index (χ3n) is 1.64. The van der Waals surface area contributed by atoms with Crippen LogP contribution in [-0.4, -0.2) is 16.8 Å². The van der Waals surface area contributed by atoms with E-state index in [9.17, 15) is 4.79 Å². The number of rotatable bonds is 7. The van der Waals surface area contributed by atoms with Crippen LogP contribution in [0.15, 0.2) is 0 Å². The molecule has 0 unspecified atom stereocenters. The zero-order valence-electron chi connectivity index (χ0n) is 8.43. The van der Waals surface area contributed by atoms with E-state index in [1.54, 1.807) is 11.8 Å². The van der Waals surface area contributed by atoms with E-state index in [1.807, 2.05) is 0 Å². The molecule has 0 amide bonds. The van der Waals surface area contributed by atoms with Gasteiger partial charge in [-0.1, -0.05) is 33.6 Å². The maximum atomic E-state index is 11.2. The Morgan fingerprint density at radius 1 is 1.33 bits per heavy atom. The average Bonchev–Trinajstić information content (AvgIpc) is 2.01. The van der Waals surface area contributed by atoms with Gasteiger partial charge in [-0.25, -0.2) is 0 Å². The monoisotopic (exact) mass is 188 g/mol. The van der Waals surface area contributed by atoms with Crippen molar-refractivity contribution in [1.82, 2.24) is 0 Å². The van der Waals surface area contributed by atoms with Crippen molar-refractivity contribution in [2.75, 3.05) is 5.75 Å². The van der Waals surface area contributed by atoms with Crippen LogP contribution < -0.4 is 0 Å². The quantitative estimate of drug-likeness (QED) is 0.570. The maximum Gasteiger partial charge on any atom is 0.142 e. The minimum atomic E-state index is 0.419. The molecule has 0 saturated carbocycles. The zero-order chi connectivity index (χ0) is 9.40. The van der Waals surface area contributed by atoms with Gasteiger partial charge in [0.2, 0.25) is 0 Å². The highest BCUT2D eigenvalue weighted by Crippen LogP contribution is 2.10. The zero-order valence-corrected chi connectivity index (χ0v) is 9.25. The molecule has 0 saturated heterocycles. The molecule has 2 heteroatoms. The van der Waals surface area contributed by atoms with Crippen molar-refractivity contribution >= 4 is 17.5 Å². The molecule has 0 N–H and O–H groups in total. The molecule has 0 radical (unpaired) electrons. The van der Waals surface area contributed by atoms with Crippen LogP contribution in [0.4, 0.5) is 0 Å². The first-order chi connectivity index (χ1) is 5.66. The molecule has 12 heavy (non-hydrogen) atoms. The molecule has 0 bridgehead atoms. The van der Waals surface area contributed by atoms with Gasteiger partial charge in [0.1, 0.15) is 5.78 Å². The second kappa shape index (κ2) is 7.66. The lowest BCUT2D eigenvalue weighted by molar-refractivity contribution is -0.116. The minimum absolute atomic E-state index is 0.419. The molecule has 1 nitrogen and oxygen atoms in total. The molecular weight excluding hydrogens is 168 g/mol. The number of carbonyl (C=O) groups is 1. The average molecular weight is 188 g/mol. The first-order valence-electron chi connectivity index (χ1n) is 4.80. The Labute approximate surface area is 80.3 Å². The maximum absolute atomic E-state index is 11.2. The summed E-state index contributed by atoms with van der Waals surface area (Å²) in [5.74, 6) is 1.13. The van der Waals surface area contributed by atoms with E-state index >= 15 is 0 Å². The van der Waals surface area contributed by atoms with Crippen LogP contribution in [0, 0.1) is 0 Å². The number of hydrogen-bond donors (Lipinski definition) is 0. The summed E-state index contributed by atoms with van der Waals surface area (Å²) in [4.78, 5) is 11.2. The van der Waals surface area contributed by atoms with E-state index < -0.39 is 0 Å². The number of ketones is 1. The Morgan fingerprint density at radius 3 is 2.50 bits per heavy atom. The summed E-state index contributed by atoms with van der Waals surface area (Å²) in [6.07, 6.45) is 4.25. The lowest BCUT2D eigenvalue weighted by atomic mass is 10.2. The minimum Gasteiger partial charge on any atom is -0.299 e. The molecule has 0 heterocycles. The predicted molar refractivity (Wildman–Crippen MR) is 56.7 cm³/mol. The number of unbranched alkanes of at least 4 members (excludes halogenated alkanes) is 2. The number of carbonyl (C=O) groups excluding carboxylic acids is 1. The van der Waals surface area contributed by atoms with Crippen LogP contribution in [0.5, 0.6) is 0 Å². The SMILES string of the molecule is CCCCCC(=O)CSC(C)C. The van der Waals surface area contributed by atoms with Gasteiger partial charge >= 0.3 is 0 Å². The van der Waals surface area contributed by atoms with Crippen molar-refractivity contribution in [2.45, 2.75) is 51.7 Å². The summed E-state index contributed by atoms with van der Waals surface area (Å²) in [5, 5.41) is 0.583. The van der Waals surface area contributed by atoms with Crippen LogP contribution >= 0.6 is 11.8 Å². The number of Topliss-reactive ketones (excluding diaryl/α,β-unsaturated/α-hetero) is 1. The van der Waals surface area contributed by atoms with Crippen LogP contribution in [0.3, 0.4) is 0 Å². The number of hydrogen-bond acceptors (Lipinski definition) is 2. The molecule has 0 aliphatic heterocycles. The van der Waals surface area contributed by atoms with Gasteiger partial charge in [-0.3, -0.25) is 4.79 Å². The fraction of sp³-hybridized carbons (Fsp3) is 0.900. The van der Waals surface area contributed by atoms with Crippen LogP contribution in [0.2, 0.25) is 0 Å². The highest BCUT2D eigenvalue weighted by molar-refractivity contribution is 8.00. The van der Waals surface area contributed by atoms with Crippen molar-refractivity contribution in [3.05, 3.63) is 0 Å². The molecule has 0 aromatic rings. The Balaban J connectivity index is 3.22. The molecular formula is C10H20OS. The van der Waals surface area contributed by atoms with Gasteiger partial charge in [0, 0.05) is 6.42 Å². The van der Waals surface area contributed by atoms with Crippen molar-refractivity contribution in [2.24, 2.45) is 0 Å². The molecule has 0 spiro atoms. The van der Waals surface area contributed by atoms with Crippen LogP contribution in [0.1, 0.15) is 46.5 Å². The number of thioether (sulfide) groups is 1. The molecule has 0 aliphatic rings.